The Bertz CT molecular complexity index is 1750. The zero-order chi connectivity index (χ0) is 33.2. The van der Waals surface area contributed by atoms with Gasteiger partial charge in [0.25, 0.3) is 0 Å². The Kier molecular flexibility index (Phi) is 16.2. The highest BCUT2D eigenvalue weighted by Gasteiger charge is 2.04. The number of rotatable bonds is 8. The van der Waals surface area contributed by atoms with Gasteiger partial charge in [-0.2, -0.15) is 27.0 Å². The highest BCUT2D eigenvalue weighted by Crippen LogP contribution is 2.14. The maximum absolute atomic E-state index is 9.56. The van der Waals surface area contributed by atoms with E-state index in [1.54, 1.807) is 28.6 Å². The fourth-order valence-electron chi connectivity index (χ4n) is 2.89. The molecule has 0 fully saturated rings. The Labute approximate surface area is 255 Å². The lowest BCUT2D eigenvalue weighted by Crippen LogP contribution is -2.12. The zero-order valence-electron chi connectivity index (χ0n) is 24.3. The number of hydrogen-bond donors (Lipinski definition) is 4. The molecule has 2 heterocycles. The summed E-state index contributed by atoms with van der Waals surface area (Å²) in [6.07, 6.45) is 2.98. The van der Waals surface area contributed by atoms with Crippen LogP contribution in [-0.4, -0.2) is 72.9 Å². The summed E-state index contributed by atoms with van der Waals surface area (Å²) in [6.45, 7) is 3.90. The molecule has 4 rings (SSSR count). The molecule has 0 amide bonds. The molecule has 0 radical (unpaired) electrons. The molecule has 0 saturated carbocycles. The van der Waals surface area contributed by atoms with E-state index in [1.807, 2.05) is 67.6 Å². The lowest BCUT2D eigenvalue weighted by atomic mass is 10.3. The lowest BCUT2D eigenvalue weighted by Gasteiger charge is -2.11. The van der Waals surface area contributed by atoms with Crippen molar-refractivity contribution in [3.8, 4) is 23.1 Å². The standard InChI is InChI=1S/C12H13N3O.C11H11N3O.C2H6O4S.CH4O4S/c1-2-16-12-8-10(13)9-14-15(12)11-6-4-3-5-7-11;1-15-11-7-9(12)8-13-14(11)10-5-3-2-4-6-10;1-2-6-7(3,4)5;1-5-6(2,3)4/h3-9,13H,2H2,1H3;2-8,12H,1H3;2H2,1H3,(H,3,4,5);1H3,(H,2,3,4). The van der Waals surface area contributed by atoms with Crippen molar-refractivity contribution in [3.05, 3.63) is 95.9 Å². The Hall–Kier alpha value is -4.46. The van der Waals surface area contributed by atoms with Crippen LogP contribution in [0.15, 0.2) is 85.2 Å². The molecule has 2 aromatic carbocycles. The fourth-order valence-corrected chi connectivity index (χ4v) is 3.19. The van der Waals surface area contributed by atoms with Crippen LogP contribution in [0.2, 0.25) is 0 Å². The normalized spacial score (nSPS) is 10.5. The predicted octanol–water partition coefficient (Wildman–Crippen LogP) is 2.37. The molecule has 16 nitrogen and oxygen atoms in total. The number of hydrogen-bond acceptors (Lipinski definition) is 12. The van der Waals surface area contributed by atoms with E-state index in [1.165, 1.54) is 19.3 Å². The molecule has 44 heavy (non-hydrogen) atoms. The molecule has 0 aliphatic carbocycles. The van der Waals surface area contributed by atoms with Crippen LogP contribution in [0.4, 0.5) is 0 Å². The first-order chi connectivity index (χ1) is 20.7. The first kappa shape index (κ1) is 37.6. The van der Waals surface area contributed by atoms with Gasteiger partial charge in [0.15, 0.2) is 0 Å². The van der Waals surface area contributed by atoms with Crippen LogP contribution in [-0.2, 0) is 29.2 Å². The number of ether oxygens (including phenoxy) is 2. The van der Waals surface area contributed by atoms with Gasteiger partial charge in [0.1, 0.15) is 0 Å². The molecular weight excluding hydrogens is 620 g/mol. The summed E-state index contributed by atoms with van der Waals surface area (Å²) in [5.74, 6) is 1.13. The number of methoxy groups -OCH3 is 1. The molecule has 0 aliphatic heterocycles. The molecule has 0 atom stereocenters. The van der Waals surface area contributed by atoms with E-state index in [0.717, 1.165) is 18.5 Å². The molecule has 0 unspecified atom stereocenters. The third-order valence-corrected chi connectivity index (χ3v) is 5.54. The topological polar surface area (TPSA) is 229 Å². The zero-order valence-corrected chi connectivity index (χ0v) is 25.9. The summed E-state index contributed by atoms with van der Waals surface area (Å²) >= 11 is 0. The van der Waals surface area contributed by atoms with Crippen LogP contribution in [0.5, 0.6) is 11.8 Å². The molecule has 4 N–H and O–H groups in total. The molecule has 240 valence electrons. The SMILES string of the molecule is CCOS(=O)(=O)O.CCOc1cc(=N)cnn1-c1ccccc1.COS(=O)(=O)O.COc1cc(=N)cnn1-c1ccccc1. The highest BCUT2D eigenvalue weighted by molar-refractivity contribution is 7.81. The number of para-hydroxylation sites is 2. The van der Waals surface area contributed by atoms with Crippen molar-refractivity contribution in [2.75, 3.05) is 27.4 Å². The van der Waals surface area contributed by atoms with Crippen molar-refractivity contribution in [1.82, 2.24) is 19.6 Å². The molecule has 0 spiro atoms. The maximum Gasteiger partial charge on any atom is 0.397 e. The predicted molar refractivity (Wildman–Crippen MR) is 158 cm³/mol. The van der Waals surface area contributed by atoms with Crippen molar-refractivity contribution in [3.63, 3.8) is 0 Å². The Morgan fingerprint density at radius 3 is 1.43 bits per heavy atom. The number of aromatic nitrogens is 4. The minimum Gasteiger partial charge on any atom is -0.481 e. The quantitative estimate of drug-likeness (QED) is 0.201. The van der Waals surface area contributed by atoms with Gasteiger partial charge in [-0.25, -0.2) is 13.5 Å². The van der Waals surface area contributed by atoms with Gasteiger partial charge < -0.3 is 9.47 Å². The number of nitrogens with one attached hydrogen (secondary N) is 2. The van der Waals surface area contributed by atoms with Crippen LogP contribution in [0.25, 0.3) is 11.4 Å². The van der Waals surface area contributed by atoms with Crippen molar-refractivity contribution in [2.24, 2.45) is 0 Å². The van der Waals surface area contributed by atoms with Gasteiger partial charge in [-0.05, 0) is 38.1 Å². The maximum atomic E-state index is 9.56. The smallest absolute Gasteiger partial charge is 0.397 e. The summed E-state index contributed by atoms with van der Waals surface area (Å²) in [5.41, 5.74) is 1.83. The second-order valence-corrected chi connectivity index (χ2v) is 10.0. The van der Waals surface area contributed by atoms with Gasteiger partial charge >= 0.3 is 20.8 Å². The van der Waals surface area contributed by atoms with Gasteiger partial charge in [0.2, 0.25) is 11.8 Å². The van der Waals surface area contributed by atoms with Gasteiger partial charge in [0.05, 0.1) is 61.9 Å². The van der Waals surface area contributed by atoms with E-state index in [9.17, 15) is 16.8 Å². The molecule has 4 aromatic rings. The van der Waals surface area contributed by atoms with Crippen LogP contribution in [0, 0.1) is 10.8 Å². The minimum atomic E-state index is -4.17. The van der Waals surface area contributed by atoms with Gasteiger partial charge in [-0.15, -0.1) is 0 Å². The molecular formula is C26H34N6O10S2. The Morgan fingerprint density at radius 2 is 1.11 bits per heavy atom. The van der Waals surface area contributed by atoms with Crippen LogP contribution < -0.4 is 20.2 Å². The lowest BCUT2D eigenvalue weighted by molar-refractivity contribution is 0.283. The molecule has 0 saturated heterocycles. The number of nitrogens with zero attached hydrogens (tertiary/aromatic N) is 4. The second-order valence-electron chi connectivity index (χ2n) is 7.73. The number of benzene rings is 2. The molecule has 0 aliphatic rings. The highest BCUT2D eigenvalue weighted by atomic mass is 32.3. The van der Waals surface area contributed by atoms with E-state index >= 15 is 0 Å². The molecule has 18 heteroatoms. The first-order valence-corrected chi connectivity index (χ1v) is 15.2. The van der Waals surface area contributed by atoms with Crippen molar-refractivity contribution < 1.29 is 43.8 Å². The first-order valence-electron chi connectivity index (χ1n) is 12.4. The van der Waals surface area contributed by atoms with Crippen LogP contribution >= 0.6 is 0 Å². The van der Waals surface area contributed by atoms with E-state index in [2.05, 4.69) is 18.6 Å². The largest absolute Gasteiger partial charge is 0.481 e. The molecule has 2 aromatic heterocycles. The fraction of sp³-hybridized carbons (Fsp3) is 0.231. The third-order valence-electron chi connectivity index (χ3n) is 4.58. The van der Waals surface area contributed by atoms with Crippen LogP contribution in [0.3, 0.4) is 0 Å². The summed E-state index contributed by atoms with van der Waals surface area (Å²) in [7, 11) is -5.90. The monoisotopic (exact) mass is 654 g/mol. The van der Waals surface area contributed by atoms with E-state index < -0.39 is 20.8 Å². The summed E-state index contributed by atoms with van der Waals surface area (Å²) in [5, 5.41) is 23.9. The Balaban J connectivity index is 0.000000320. The third kappa shape index (κ3) is 15.1. The van der Waals surface area contributed by atoms with E-state index in [-0.39, 0.29) is 6.61 Å². The average molecular weight is 655 g/mol. The van der Waals surface area contributed by atoms with Crippen molar-refractivity contribution >= 4 is 20.8 Å². The van der Waals surface area contributed by atoms with Gasteiger partial charge in [-0.3, -0.25) is 24.1 Å². The van der Waals surface area contributed by atoms with Gasteiger partial charge in [-0.1, -0.05) is 36.4 Å². The van der Waals surface area contributed by atoms with Crippen molar-refractivity contribution in [1.29, 1.82) is 10.8 Å². The summed E-state index contributed by atoms with van der Waals surface area (Å²) < 4.78 is 74.3. The van der Waals surface area contributed by atoms with E-state index in [4.69, 9.17) is 29.4 Å². The molecule has 0 bridgehead atoms. The Morgan fingerprint density at radius 1 is 0.705 bits per heavy atom. The van der Waals surface area contributed by atoms with Gasteiger partial charge in [0, 0.05) is 12.1 Å². The van der Waals surface area contributed by atoms with E-state index in [0.29, 0.717) is 29.1 Å². The second kappa shape index (κ2) is 18.9. The summed E-state index contributed by atoms with van der Waals surface area (Å²) in [6, 6.07) is 22.7. The van der Waals surface area contributed by atoms with Crippen molar-refractivity contribution in [2.45, 2.75) is 13.8 Å². The van der Waals surface area contributed by atoms with Crippen LogP contribution in [0.1, 0.15) is 13.8 Å². The minimum absolute atomic E-state index is 0.0289. The summed E-state index contributed by atoms with van der Waals surface area (Å²) in [4.78, 5) is 0. The average Bonchev–Trinajstić information content (AvgIpc) is 2.98.